The van der Waals surface area contributed by atoms with E-state index in [4.69, 9.17) is 16.3 Å². The van der Waals surface area contributed by atoms with E-state index >= 15 is 0 Å². The largest absolute Gasteiger partial charge is 0.496 e. The van der Waals surface area contributed by atoms with Crippen molar-refractivity contribution in [3.8, 4) is 5.75 Å². The summed E-state index contributed by atoms with van der Waals surface area (Å²) in [7, 11) is 1.65. The van der Waals surface area contributed by atoms with Gasteiger partial charge >= 0.3 is 0 Å². The molecule has 7 heteroatoms. The summed E-state index contributed by atoms with van der Waals surface area (Å²) in [6.45, 7) is 10.3. The van der Waals surface area contributed by atoms with E-state index in [0.29, 0.717) is 18.9 Å². The van der Waals surface area contributed by atoms with E-state index in [9.17, 15) is 9.59 Å². The normalized spacial score (nSPS) is 17.8. The Labute approximate surface area is 178 Å². The maximum Gasteiger partial charge on any atom is 0.246 e. The molecule has 0 bridgehead atoms. The van der Waals surface area contributed by atoms with Crippen LogP contribution in [0.4, 0.5) is 0 Å². The topological polar surface area (TPSA) is 53.1 Å². The van der Waals surface area contributed by atoms with E-state index in [2.05, 4.69) is 18.4 Å². The smallest absolute Gasteiger partial charge is 0.246 e. The maximum absolute atomic E-state index is 12.7. The van der Waals surface area contributed by atoms with Crippen LogP contribution in [0.25, 0.3) is 0 Å². The van der Waals surface area contributed by atoms with Gasteiger partial charge in [0.05, 0.1) is 7.11 Å². The highest BCUT2D eigenvalue weighted by molar-refractivity contribution is 6.31. The number of carbonyl (C=O) groups is 2. The lowest BCUT2D eigenvalue weighted by atomic mass is 10.0. The summed E-state index contributed by atoms with van der Waals surface area (Å²) in [6.07, 6.45) is 3.28. The van der Waals surface area contributed by atoms with Crippen LogP contribution < -0.4 is 4.74 Å². The molecule has 29 heavy (non-hydrogen) atoms. The molecule has 1 aromatic rings. The molecule has 158 valence electrons. The number of rotatable bonds is 7. The summed E-state index contributed by atoms with van der Waals surface area (Å²) in [4.78, 5) is 30.4. The minimum absolute atomic E-state index is 0.00225. The first-order chi connectivity index (χ1) is 14.0. The Balaban J connectivity index is 1.47. The van der Waals surface area contributed by atoms with E-state index in [1.54, 1.807) is 12.0 Å². The first-order valence-electron chi connectivity index (χ1n) is 10.2. The van der Waals surface area contributed by atoms with Crippen molar-refractivity contribution < 1.29 is 14.3 Å². The number of carbonyl (C=O) groups excluding carboxylic acids is 2. The van der Waals surface area contributed by atoms with Crippen molar-refractivity contribution >= 4 is 23.4 Å². The molecule has 2 heterocycles. The Morgan fingerprint density at radius 2 is 1.86 bits per heavy atom. The third-order valence-electron chi connectivity index (χ3n) is 5.97. The second-order valence-corrected chi connectivity index (χ2v) is 8.03. The number of amides is 2. The van der Waals surface area contributed by atoms with Gasteiger partial charge in [0.1, 0.15) is 5.75 Å². The zero-order chi connectivity index (χ0) is 21.0. The molecule has 0 spiro atoms. The van der Waals surface area contributed by atoms with Gasteiger partial charge in [-0.15, -0.1) is 0 Å². The molecule has 2 saturated heterocycles. The molecule has 0 unspecified atom stereocenters. The molecule has 2 aliphatic heterocycles. The van der Waals surface area contributed by atoms with E-state index in [1.165, 1.54) is 6.08 Å². The van der Waals surface area contributed by atoms with E-state index in [0.717, 1.165) is 67.6 Å². The quantitative estimate of drug-likeness (QED) is 0.637. The number of nitrogens with zero attached hydrogens (tertiary/aromatic N) is 3. The molecule has 0 N–H and O–H groups in total. The van der Waals surface area contributed by atoms with Gasteiger partial charge in [0.15, 0.2) is 0 Å². The van der Waals surface area contributed by atoms with Crippen LogP contribution in [-0.2, 0) is 22.4 Å². The molecule has 0 radical (unpaired) electrons. The van der Waals surface area contributed by atoms with E-state index in [-0.39, 0.29) is 11.8 Å². The van der Waals surface area contributed by atoms with Crippen molar-refractivity contribution in [2.24, 2.45) is 0 Å². The molecular weight excluding hydrogens is 390 g/mol. The summed E-state index contributed by atoms with van der Waals surface area (Å²) in [6, 6.07) is 4.30. The van der Waals surface area contributed by atoms with Gasteiger partial charge in [-0.05, 0) is 42.2 Å². The van der Waals surface area contributed by atoms with E-state index in [1.807, 2.05) is 17.0 Å². The molecule has 0 atom stereocenters. The van der Waals surface area contributed by atoms with Crippen LogP contribution in [0.5, 0.6) is 5.75 Å². The number of hydrogen-bond acceptors (Lipinski definition) is 4. The van der Waals surface area contributed by atoms with Gasteiger partial charge in [-0.1, -0.05) is 25.1 Å². The molecule has 2 aliphatic rings. The van der Waals surface area contributed by atoms with Crippen molar-refractivity contribution in [2.45, 2.75) is 32.2 Å². The second kappa shape index (κ2) is 9.63. The standard InChI is InChI=1S/C22H30ClN3O3/c1-4-16-13-20(29-3)17(12-19(16)23)6-7-22(28)25-10-8-24(9-11-25)18-14-26(15-18)21(27)5-2/h5,12-13,18H,2,4,6-11,14-15H2,1,3H3. The van der Waals surface area contributed by atoms with Gasteiger partial charge in [-0.2, -0.15) is 0 Å². The molecule has 1 aromatic carbocycles. The van der Waals surface area contributed by atoms with Crippen molar-refractivity contribution in [3.63, 3.8) is 0 Å². The highest BCUT2D eigenvalue weighted by Crippen LogP contribution is 2.28. The Kier molecular flexibility index (Phi) is 7.19. The molecule has 0 aromatic heterocycles. The van der Waals surface area contributed by atoms with Crippen LogP contribution in [0.3, 0.4) is 0 Å². The van der Waals surface area contributed by atoms with Gasteiger partial charge < -0.3 is 14.5 Å². The van der Waals surface area contributed by atoms with E-state index < -0.39 is 0 Å². The monoisotopic (exact) mass is 419 g/mol. The van der Waals surface area contributed by atoms with Crippen molar-refractivity contribution in [2.75, 3.05) is 46.4 Å². The van der Waals surface area contributed by atoms with Gasteiger partial charge in [-0.3, -0.25) is 14.5 Å². The number of benzene rings is 1. The Hall–Kier alpha value is -2.05. The first kappa shape index (κ1) is 21.7. The number of methoxy groups -OCH3 is 1. The minimum Gasteiger partial charge on any atom is -0.496 e. The summed E-state index contributed by atoms with van der Waals surface area (Å²) >= 11 is 6.34. The highest BCUT2D eigenvalue weighted by atomic mass is 35.5. The van der Waals surface area contributed by atoms with Crippen LogP contribution in [0.15, 0.2) is 24.8 Å². The molecule has 0 saturated carbocycles. The molecule has 2 amide bonds. The number of piperazine rings is 1. The summed E-state index contributed by atoms with van der Waals surface area (Å²) in [5.41, 5.74) is 2.03. The zero-order valence-corrected chi connectivity index (χ0v) is 18.1. The summed E-state index contributed by atoms with van der Waals surface area (Å²) in [5, 5.41) is 0.730. The van der Waals surface area contributed by atoms with Crippen LogP contribution >= 0.6 is 11.6 Å². The van der Waals surface area contributed by atoms with Gasteiger partial charge in [-0.25, -0.2) is 0 Å². The fourth-order valence-electron chi connectivity index (χ4n) is 4.02. The molecule has 6 nitrogen and oxygen atoms in total. The predicted octanol–water partition coefficient (Wildman–Crippen LogP) is 2.38. The Morgan fingerprint density at radius 1 is 1.17 bits per heavy atom. The number of halogens is 1. The Bertz CT molecular complexity index is 769. The molecule has 3 rings (SSSR count). The lowest BCUT2D eigenvalue weighted by Crippen LogP contribution is -2.64. The lowest BCUT2D eigenvalue weighted by molar-refractivity contribution is -0.136. The predicted molar refractivity (Wildman–Crippen MR) is 114 cm³/mol. The number of ether oxygens (including phenoxy) is 1. The molecule has 2 fully saturated rings. The maximum atomic E-state index is 12.7. The summed E-state index contributed by atoms with van der Waals surface area (Å²) in [5.74, 6) is 0.963. The number of aryl methyl sites for hydroxylation is 2. The zero-order valence-electron chi connectivity index (χ0n) is 17.3. The third kappa shape index (κ3) is 4.93. The van der Waals surface area contributed by atoms with Crippen LogP contribution in [0.1, 0.15) is 24.5 Å². The van der Waals surface area contributed by atoms with Crippen molar-refractivity contribution in [3.05, 3.63) is 40.9 Å². The Morgan fingerprint density at radius 3 is 2.45 bits per heavy atom. The SMILES string of the molecule is C=CC(=O)N1CC(N2CCN(C(=O)CCc3cc(Cl)c(CC)cc3OC)CC2)C1. The number of hydrogen-bond donors (Lipinski definition) is 0. The molecular formula is C22H30ClN3O3. The van der Waals surface area contributed by atoms with Crippen LogP contribution in [-0.4, -0.2) is 78.9 Å². The van der Waals surface area contributed by atoms with Crippen LogP contribution in [0, 0.1) is 0 Å². The van der Waals surface area contributed by atoms with Crippen molar-refractivity contribution in [1.82, 2.24) is 14.7 Å². The lowest BCUT2D eigenvalue weighted by Gasteiger charge is -2.47. The van der Waals surface area contributed by atoms with Gasteiger partial charge in [0.2, 0.25) is 11.8 Å². The second-order valence-electron chi connectivity index (χ2n) is 7.63. The van der Waals surface area contributed by atoms with Gasteiger partial charge in [0, 0.05) is 56.8 Å². The fraction of sp³-hybridized carbons (Fsp3) is 0.545. The minimum atomic E-state index is -0.00225. The molecule has 0 aliphatic carbocycles. The summed E-state index contributed by atoms with van der Waals surface area (Å²) < 4.78 is 5.49. The van der Waals surface area contributed by atoms with Gasteiger partial charge in [0.25, 0.3) is 0 Å². The average molecular weight is 420 g/mol. The first-order valence-corrected chi connectivity index (χ1v) is 10.6. The van der Waals surface area contributed by atoms with Crippen LogP contribution in [0.2, 0.25) is 5.02 Å². The van der Waals surface area contributed by atoms with Crippen molar-refractivity contribution in [1.29, 1.82) is 0 Å². The fourth-order valence-corrected chi connectivity index (χ4v) is 4.34. The highest BCUT2D eigenvalue weighted by Gasteiger charge is 2.35. The average Bonchev–Trinajstić information content (AvgIpc) is 2.71. The number of likely N-dealkylation sites (tertiary alicyclic amines) is 1. The third-order valence-corrected chi connectivity index (χ3v) is 6.32.